The summed E-state index contributed by atoms with van der Waals surface area (Å²) in [7, 11) is 0. The highest BCUT2D eigenvalue weighted by Gasteiger charge is 2.07. The van der Waals surface area contributed by atoms with Gasteiger partial charge in [-0.2, -0.15) is 0 Å². The summed E-state index contributed by atoms with van der Waals surface area (Å²) in [6.07, 6.45) is 5.13. The van der Waals surface area contributed by atoms with Crippen molar-refractivity contribution in [2.75, 3.05) is 5.32 Å². The molecule has 0 fully saturated rings. The third kappa shape index (κ3) is 2.40. The second-order valence-electron chi connectivity index (χ2n) is 4.67. The van der Waals surface area contributed by atoms with Crippen molar-refractivity contribution < 1.29 is 0 Å². The summed E-state index contributed by atoms with van der Waals surface area (Å²) >= 11 is 1.50. The fourth-order valence-corrected chi connectivity index (χ4v) is 2.87. The van der Waals surface area contributed by atoms with E-state index in [0.717, 1.165) is 33.0 Å². The molecule has 0 radical (unpaired) electrons. The summed E-state index contributed by atoms with van der Waals surface area (Å²) in [5.41, 5.74) is 5.78. The van der Waals surface area contributed by atoms with Gasteiger partial charge >= 0.3 is 0 Å². The predicted octanol–water partition coefficient (Wildman–Crippen LogP) is 3.89. The summed E-state index contributed by atoms with van der Waals surface area (Å²) in [4.78, 5) is 17.7. The Bertz CT molecular complexity index is 920. The number of thiazole rings is 1. The lowest BCUT2D eigenvalue weighted by Gasteiger charge is -2.08. The van der Waals surface area contributed by atoms with Crippen molar-refractivity contribution in [1.82, 2.24) is 19.9 Å². The molecule has 0 aliphatic rings. The number of aromatic nitrogens is 4. The first-order chi connectivity index (χ1) is 10.9. The summed E-state index contributed by atoms with van der Waals surface area (Å²) in [5.74, 6) is 0.720. The molecule has 0 saturated carbocycles. The van der Waals surface area contributed by atoms with E-state index in [1.165, 1.54) is 11.3 Å². The van der Waals surface area contributed by atoms with Crippen LogP contribution in [0.5, 0.6) is 0 Å². The van der Waals surface area contributed by atoms with E-state index in [1.54, 1.807) is 24.2 Å². The Morgan fingerprint density at radius 2 is 1.82 bits per heavy atom. The number of rotatable bonds is 3. The molecule has 0 saturated heterocycles. The molecule has 4 aromatic rings. The Kier molecular flexibility index (Phi) is 3.21. The lowest BCUT2D eigenvalue weighted by molar-refractivity contribution is 1.22. The molecule has 0 spiro atoms. The van der Waals surface area contributed by atoms with Crippen molar-refractivity contribution in [2.45, 2.75) is 0 Å². The Hall–Kier alpha value is -2.86. The van der Waals surface area contributed by atoms with E-state index in [9.17, 15) is 0 Å². The quantitative estimate of drug-likeness (QED) is 0.622. The van der Waals surface area contributed by atoms with Crippen LogP contribution < -0.4 is 5.32 Å². The molecule has 5 nitrogen and oxygen atoms in total. The van der Waals surface area contributed by atoms with Crippen LogP contribution in [0.25, 0.3) is 21.5 Å². The van der Waals surface area contributed by atoms with Crippen molar-refractivity contribution in [3.63, 3.8) is 0 Å². The van der Waals surface area contributed by atoms with Crippen LogP contribution >= 0.6 is 11.3 Å². The molecule has 0 aliphatic heterocycles. The van der Waals surface area contributed by atoms with Gasteiger partial charge in [0.05, 0.1) is 5.51 Å². The minimum absolute atomic E-state index is 0.720. The molecule has 0 aliphatic carbocycles. The van der Waals surface area contributed by atoms with E-state index in [-0.39, 0.29) is 0 Å². The summed E-state index contributed by atoms with van der Waals surface area (Å²) in [6, 6.07) is 12.1. The molecule has 0 unspecified atom stereocenters. The first-order valence-electron chi connectivity index (χ1n) is 6.72. The number of benzene rings is 1. The summed E-state index contributed by atoms with van der Waals surface area (Å²) in [5, 5.41) is 3.32. The molecule has 4 rings (SSSR count). The van der Waals surface area contributed by atoms with Gasteiger partial charge in [0, 0.05) is 18.1 Å². The minimum atomic E-state index is 0.720. The molecule has 1 aromatic carbocycles. The molecule has 0 amide bonds. The predicted molar refractivity (Wildman–Crippen MR) is 88.2 cm³/mol. The van der Waals surface area contributed by atoms with Gasteiger partial charge in [-0.05, 0) is 35.4 Å². The zero-order chi connectivity index (χ0) is 14.8. The molecule has 3 aromatic heterocycles. The fourth-order valence-electron chi connectivity index (χ4n) is 2.24. The minimum Gasteiger partial charge on any atom is -0.338 e. The lowest BCUT2D eigenvalue weighted by atomic mass is 10.1. The van der Waals surface area contributed by atoms with Crippen LogP contribution in [0.15, 0.2) is 60.6 Å². The SMILES string of the molecule is c1cc(Nc2ncnc3scnc23)cc(-c2ccncc2)c1. The molecule has 6 heteroatoms. The van der Waals surface area contributed by atoms with Crippen LogP contribution in [-0.4, -0.2) is 19.9 Å². The van der Waals surface area contributed by atoms with Gasteiger partial charge in [-0.15, -0.1) is 11.3 Å². The number of nitrogens with zero attached hydrogens (tertiary/aromatic N) is 4. The molecule has 106 valence electrons. The van der Waals surface area contributed by atoms with Gasteiger partial charge in [-0.1, -0.05) is 12.1 Å². The van der Waals surface area contributed by atoms with Gasteiger partial charge in [0.1, 0.15) is 16.7 Å². The van der Waals surface area contributed by atoms with E-state index in [4.69, 9.17) is 0 Å². The number of nitrogens with one attached hydrogen (secondary N) is 1. The van der Waals surface area contributed by atoms with Gasteiger partial charge in [0.2, 0.25) is 0 Å². The molecule has 0 atom stereocenters. The van der Waals surface area contributed by atoms with Gasteiger partial charge in [-0.25, -0.2) is 15.0 Å². The Morgan fingerprint density at radius 3 is 2.73 bits per heavy atom. The van der Waals surface area contributed by atoms with Gasteiger partial charge in [0.25, 0.3) is 0 Å². The number of fused-ring (bicyclic) bond motifs is 1. The molecule has 3 heterocycles. The van der Waals surface area contributed by atoms with Crippen LogP contribution in [0, 0.1) is 0 Å². The number of hydrogen-bond donors (Lipinski definition) is 1. The average molecular weight is 305 g/mol. The van der Waals surface area contributed by atoms with Crippen LogP contribution in [-0.2, 0) is 0 Å². The maximum Gasteiger partial charge on any atom is 0.161 e. The van der Waals surface area contributed by atoms with Crippen LogP contribution in [0.4, 0.5) is 11.5 Å². The van der Waals surface area contributed by atoms with Crippen molar-refractivity contribution in [2.24, 2.45) is 0 Å². The second-order valence-corrected chi connectivity index (χ2v) is 5.50. The Labute approximate surface area is 130 Å². The molecule has 0 bridgehead atoms. The summed E-state index contributed by atoms with van der Waals surface area (Å²) < 4.78 is 0. The van der Waals surface area contributed by atoms with E-state index in [2.05, 4.69) is 37.4 Å². The van der Waals surface area contributed by atoms with E-state index >= 15 is 0 Å². The topological polar surface area (TPSA) is 63.6 Å². The van der Waals surface area contributed by atoms with Gasteiger partial charge in [0.15, 0.2) is 5.82 Å². The highest BCUT2D eigenvalue weighted by atomic mass is 32.1. The highest BCUT2D eigenvalue weighted by Crippen LogP contribution is 2.26. The zero-order valence-corrected chi connectivity index (χ0v) is 12.3. The van der Waals surface area contributed by atoms with E-state index in [1.807, 2.05) is 24.3 Å². The number of pyridine rings is 1. The number of hydrogen-bond acceptors (Lipinski definition) is 6. The van der Waals surface area contributed by atoms with E-state index in [0.29, 0.717) is 0 Å². The van der Waals surface area contributed by atoms with Crippen molar-refractivity contribution in [1.29, 1.82) is 0 Å². The monoisotopic (exact) mass is 305 g/mol. The largest absolute Gasteiger partial charge is 0.338 e. The average Bonchev–Trinajstić information content (AvgIpc) is 3.06. The van der Waals surface area contributed by atoms with Crippen LogP contribution in [0.1, 0.15) is 0 Å². The highest BCUT2D eigenvalue weighted by molar-refractivity contribution is 7.16. The molecule has 1 N–H and O–H groups in total. The third-order valence-corrected chi connectivity index (χ3v) is 4.01. The third-order valence-electron chi connectivity index (χ3n) is 3.27. The summed E-state index contributed by atoms with van der Waals surface area (Å²) in [6.45, 7) is 0. The van der Waals surface area contributed by atoms with Crippen LogP contribution in [0.3, 0.4) is 0 Å². The first kappa shape index (κ1) is 12.8. The van der Waals surface area contributed by atoms with Crippen molar-refractivity contribution in [3.05, 3.63) is 60.6 Å². The molecular formula is C16H11N5S. The zero-order valence-electron chi connectivity index (χ0n) is 11.5. The maximum atomic E-state index is 4.32. The molecule has 22 heavy (non-hydrogen) atoms. The van der Waals surface area contributed by atoms with Gasteiger partial charge in [-0.3, -0.25) is 4.98 Å². The van der Waals surface area contributed by atoms with E-state index < -0.39 is 0 Å². The second kappa shape index (κ2) is 5.50. The standard InChI is InChI=1S/C16H11N5S/c1-2-12(11-4-6-17-7-5-11)8-13(3-1)21-15-14-16(19-9-18-15)22-10-20-14/h1-10H,(H,18,19,21). The van der Waals surface area contributed by atoms with Crippen LogP contribution in [0.2, 0.25) is 0 Å². The fraction of sp³-hybridized carbons (Fsp3) is 0. The smallest absolute Gasteiger partial charge is 0.161 e. The maximum absolute atomic E-state index is 4.32. The Morgan fingerprint density at radius 1 is 0.909 bits per heavy atom. The number of anilines is 2. The lowest BCUT2D eigenvalue weighted by Crippen LogP contribution is -1.95. The van der Waals surface area contributed by atoms with Crippen molar-refractivity contribution >= 4 is 33.2 Å². The molecular weight excluding hydrogens is 294 g/mol. The Balaban J connectivity index is 1.71. The normalized spacial score (nSPS) is 10.7. The van der Waals surface area contributed by atoms with Gasteiger partial charge < -0.3 is 5.32 Å². The van der Waals surface area contributed by atoms with Crippen molar-refractivity contribution in [3.8, 4) is 11.1 Å². The first-order valence-corrected chi connectivity index (χ1v) is 7.60.